The molecule has 3 aliphatic heterocycles. The van der Waals surface area contributed by atoms with Crippen LogP contribution in [0.4, 0.5) is 0 Å². The summed E-state index contributed by atoms with van der Waals surface area (Å²) in [6.45, 7) is 16.4. The Bertz CT molecular complexity index is 2060. The number of rotatable bonds is 23. The van der Waals surface area contributed by atoms with Gasteiger partial charge in [0.25, 0.3) is 11.7 Å². The van der Waals surface area contributed by atoms with Gasteiger partial charge < -0.3 is 72.7 Å². The number of allylic oxidation sites excluding steroid dienone is 6. The number of hydrogen-bond donors (Lipinski definition) is 4. The average molecular weight is 1160 g/mol. The number of amides is 1. The number of fused-ring (bicyclic) bond motifs is 3. The molecular formula is C62H101NO19. The summed E-state index contributed by atoms with van der Waals surface area (Å²) in [6.07, 6.45) is 10.3. The van der Waals surface area contributed by atoms with Crippen molar-refractivity contribution in [2.75, 3.05) is 100 Å². The highest BCUT2D eigenvalue weighted by atomic mass is 16.6. The number of aliphatic hydroxyl groups is 4. The summed E-state index contributed by atoms with van der Waals surface area (Å²) >= 11 is 0. The minimum Gasteiger partial charge on any atom is -0.460 e. The summed E-state index contributed by atoms with van der Waals surface area (Å²) in [6, 6.07) is -1.18. The van der Waals surface area contributed by atoms with Crippen LogP contribution in [0, 0.1) is 35.5 Å². The van der Waals surface area contributed by atoms with Crippen LogP contribution in [0.25, 0.3) is 0 Å². The molecule has 0 aromatic rings. The minimum atomic E-state index is -2.51. The van der Waals surface area contributed by atoms with Gasteiger partial charge in [-0.1, -0.05) is 71.1 Å². The number of methoxy groups -OCH3 is 2. The third kappa shape index (κ3) is 23.0. The molecule has 0 radical (unpaired) electrons. The quantitative estimate of drug-likeness (QED) is 0.0418. The number of cyclic esters (lactones) is 1. The largest absolute Gasteiger partial charge is 0.460 e. The Morgan fingerprint density at radius 1 is 0.732 bits per heavy atom. The molecule has 2 saturated heterocycles. The highest BCUT2D eigenvalue weighted by Crippen LogP contribution is 2.38. The maximum atomic E-state index is 14.6. The predicted octanol–water partition coefficient (Wildman–Crippen LogP) is 5.63. The zero-order valence-corrected chi connectivity index (χ0v) is 50.6. The van der Waals surface area contributed by atoms with Gasteiger partial charge >= 0.3 is 5.97 Å². The van der Waals surface area contributed by atoms with E-state index in [4.69, 9.17) is 52.5 Å². The van der Waals surface area contributed by atoms with Crippen LogP contribution in [0.15, 0.2) is 47.6 Å². The van der Waals surface area contributed by atoms with Gasteiger partial charge in [-0.15, -0.1) is 0 Å². The fourth-order valence-corrected chi connectivity index (χ4v) is 11.3. The van der Waals surface area contributed by atoms with Crippen molar-refractivity contribution in [1.82, 2.24) is 4.90 Å². The average Bonchev–Trinajstić information content (AvgIpc) is 2.65. The predicted molar refractivity (Wildman–Crippen MR) is 305 cm³/mol. The molecule has 1 saturated carbocycles. The van der Waals surface area contributed by atoms with Gasteiger partial charge in [0.2, 0.25) is 5.79 Å². The normalized spacial score (nSPS) is 34.5. The third-order valence-electron chi connectivity index (χ3n) is 16.5. The van der Waals surface area contributed by atoms with E-state index in [1.54, 1.807) is 40.9 Å². The smallest absolute Gasteiger partial charge is 0.329 e. The van der Waals surface area contributed by atoms with Crippen molar-refractivity contribution in [3.63, 3.8) is 0 Å². The Morgan fingerprint density at radius 2 is 1.37 bits per heavy atom. The van der Waals surface area contributed by atoms with Crippen molar-refractivity contribution in [1.29, 1.82) is 0 Å². The summed E-state index contributed by atoms with van der Waals surface area (Å²) in [5.74, 6) is -8.39. The van der Waals surface area contributed by atoms with E-state index >= 15 is 0 Å². The lowest BCUT2D eigenvalue weighted by atomic mass is 9.78. The van der Waals surface area contributed by atoms with E-state index in [-0.39, 0.29) is 87.7 Å². The molecule has 20 nitrogen and oxygen atoms in total. The first-order chi connectivity index (χ1) is 39.2. The van der Waals surface area contributed by atoms with Crippen LogP contribution in [0.3, 0.4) is 0 Å². The number of ketones is 3. The number of carbonyl (C=O) groups is 5. The van der Waals surface area contributed by atoms with E-state index in [2.05, 4.69) is 0 Å². The molecule has 20 heteroatoms. The van der Waals surface area contributed by atoms with Gasteiger partial charge in [0, 0.05) is 51.4 Å². The number of hydrogen-bond acceptors (Lipinski definition) is 19. The molecule has 4 N–H and O–H groups in total. The van der Waals surface area contributed by atoms with Gasteiger partial charge in [-0.05, 0) is 107 Å². The van der Waals surface area contributed by atoms with E-state index < -0.39 is 83.9 Å². The van der Waals surface area contributed by atoms with E-state index in [0.29, 0.717) is 116 Å². The van der Waals surface area contributed by atoms with Crippen LogP contribution in [-0.4, -0.2) is 209 Å². The lowest BCUT2D eigenvalue weighted by Gasteiger charge is -2.43. The number of Topliss-reactive ketones (excluding diaryl/α,β-unsaturated/α-hetero) is 3. The Labute approximate surface area is 487 Å². The Morgan fingerprint density at radius 3 is 1.99 bits per heavy atom. The van der Waals surface area contributed by atoms with Crippen molar-refractivity contribution in [2.24, 2.45) is 35.5 Å². The van der Waals surface area contributed by atoms with Gasteiger partial charge in [0.05, 0.1) is 104 Å². The van der Waals surface area contributed by atoms with Gasteiger partial charge in [-0.2, -0.15) is 0 Å². The maximum absolute atomic E-state index is 14.6. The second-order valence-electron chi connectivity index (χ2n) is 23.0. The molecule has 2 bridgehead atoms. The van der Waals surface area contributed by atoms with Crippen LogP contribution in [-0.2, 0) is 71.3 Å². The monoisotopic (exact) mass is 1160 g/mol. The second kappa shape index (κ2) is 37.7. The summed E-state index contributed by atoms with van der Waals surface area (Å²) in [5.41, 5.74) is 1.19. The van der Waals surface area contributed by atoms with Crippen LogP contribution in [0.1, 0.15) is 126 Å². The molecule has 0 aromatic carbocycles. The molecule has 3 fully saturated rings. The summed E-state index contributed by atoms with van der Waals surface area (Å²) < 4.78 is 57.8. The number of aliphatic hydroxyl groups excluding tert-OH is 3. The molecule has 468 valence electrons. The maximum Gasteiger partial charge on any atom is 0.329 e. The van der Waals surface area contributed by atoms with Gasteiger partial charge in [0.1, 0.15) is 30.1 Å². The summed E-state index contributed by atoms with van der Waals surface area (Å²) in [5, 5.41) is 43.1. The fourth-order valence-electron chi connectivity index (χ4n) is 11.3. The molecule has 15 atom stereocenters. The number of esters is 1. The highest BCUT2D eigenvalue weighted by molar-refractivity contribution is 6.39. The molecule has 1 aliphatic carbocycles. The van der Waals surface area contributed by atoms with Crippen molar-refractivity contribution in [3.8, 4) is 0 Å². The summed E-state index contributed by atoms with van der Waals surface area (Å²) in [7, 11) is 2.93. The topological polar surface area (TPSA) is 262 Å². The first-order valence-electron chi connectivity index (χ1n) is 30.0. The first-order valence-corrected chi connectivity index (χ1v) is 30.0. The number of nitrogens with zero attached hydrogens (tertiary/aromatic N) is 1. The standard InChI is InChI=1S/C62H101NO19/c1-41-15-11-10-12-16-42(2)53(80-34-33-79-32-31-78-30-29-77-28-27-76-26-25-75-24-23-64)39-49-20-18-47(7)62(72,82-49)59(69)60(70)63-22-14-13-17-50(63)61(71)81-54(44(4)37-48-19-21-51(65)55(38-48)73-8)40-52(66)43(3)36-46(6)57(68)58(74-9)56(67)45(5)35-41/h10-12,15-16,36,41,43-45,47-51,53-55,57-58,64-65,68,72H,13-14,17-35,37-40H2,1-9H3/b12-10+,15-11+,42-16+,46-36+/t41-,43-,44-,45-,47-,48+,49+,50+,51-,53-,54+,55-,57-,58+,62-/m1/s1. The fraction of sp³-hybridized carbons (Fsp3) is 0.790. The minimum absolute atomic E-state index is 0.0262. The highest BCUT2D eigenvalue weighted by Gasteiger charge is 2.53. The van der Waals surface area contributed by atoms with E-state index in [1.165, 1.54) is 12.0 Å². The van der Waals surface area contributed by atoms with E-state index in [0.717, 1.165) is 5.57 Å². The lowest BCUT2D eigenvalue weighted by Crippen LogP contribution is -2.61. The van der Waals surface area contributed by atoms with Gasteiger partial charge in [-0.25, -0.2) is 4.79 Å². The number of ether oxygens (including phenoxy) is 10. The Kier molecular flexibility index (Phi) is 32.6. The Hall–Kier alpha value is -3.61. The molecule has 4 aliphatic rings. The third-order valence-corrected chi connectivity index (χ3v) is 16.5. The molecule has 0 spiro atoms. The van der Waals surface area contributed by atoms with Crippen molar-refractivity contribution in [3.05, 3.63) is 47.6 Å². The number of piperidine rings is 1. The SMILES string of the molecule is CO[C@@H]1C[C@H](C[C@@H](C)[C@@H]2CC(=O)[C@H](C)/C=C(\C)[C@@H](O)[C@@H](OC)C(=O)[C@H](C)C[C@H](C)/C=C/C=C/C=C(\C)[C@H](OCCOCCOCCOCCOCCOCCO)C[C@@H]3CC[C@@H](C)[C@@](O)(O3)C(=O)C(=O)N3CCCC[C@H]3C(=O)O2)CC[C@H]1O. The molecule has 3 heterocycles. The molecule has 82 heavy (non-hydrogen) atoms. The molecule has 0 unspecified atom stereocenters. The van der Waals surface area contributed by atoms with E-state index in [9.17, 15) is 39.3 Å². The molecule has 0 aromatic heterocycles. The lowest BCUT2D eigenvalue weighted by molar-refractivity contribution is -0.266. The first kappa shape index (κ1) is 70.9. The van der Waals surface area contributed by atoms with Crippen LogP contribution in [0.5, 0.6) is 0 Å². The van der Waals surface area contributed by atoms with Crippen molar-refractivity contribution >= 4 is 29.2 Å². The van der Waals surface area contributed by atoms with Crippen molar-refractivity contribution < 1.29 is 91.8 Å². The zero-order chi connectivity index (χ0) is 60.2. The zero-order valence-electron chi connectivity index (χ0n) is 50.6. The molecular weight excluding hydrogens is 1060 g/mol. The molecule has 4 rings (SSSR count). The van der Waals surface area contributed by atoms with Gasteiger partial charge in [0.15, 0.2) is 5.78 Å². The Balaban J connectivity index is 1.56. The van der Waals surface area contributed by atoms with Crippen LogP contribution in [0.2, 0.25) is 0 Å². The number of carbonyl (C=O) groups excluding carboxylic acids is 5. The van der Waals surface area contributed by atoms with Gasteiger partial charge in [-0.3, -0.25) is 19.2 Å². The van der Waals surface area contributed by atoms with Crippen molar-refractivity contribution in [2.45, 2.75) is 180 Å². The molecule has 1 amide bonds. The second-order valence-corrected chi connectivity index (χ2v) is 23.0. The van der Waals surface area contributed by atoms with Crippen LogP contribution < -0.4 is 0 Å². The van der Waals surface area contributed by atoms with E-state index in [1.807, 2.05) is 51.2 Å². The summed E-state index contributed by atoms with van der Waals surface area (Å²) in [4.78, 5) is 72.9. The van der Waals surface area contributed by atoms with Crippen LogP contribution >= 0.6 is 0 Å².